The van der Waals surface area contributed by atoms with Crippen molar-refractivity contribution in [3.63, 3.8) is 0 Å². The number of aromatic nitrogens is 1. The summed E-state index contributed by atoms with van der Waals surface area (Å²) in [5.41, 5.74) is 2.81. The summed E-state index contributed by atoms with van der Waals surface area (Å²) in [7, 11) is 2.03. The summed E-state index contributed by atoms with van der Waals surface area (Å²) in [6.45, 7) is 2.69. The van der Waals surface area contributed by atoms with Crippen LogP contribution < -0.4 is 4.90 Å². The van der Waals surface area contributed by atoms with E-state index in [-0.39, 0.29) is 11.8 Å². The number of hydrogen-bond donors (Lipinski definition) is 2. The first-order valence-corrected chi connectivity index (χ1v) is 8.11. The normalized spacial score (nSPS) is 13.9. The second-order valence-electron chi connectivity index (χ2n) is 5.95. The number of H-pyrrole nitrogens is 1. The summed E-state index contributed by atoms with van der Waals surface area (Å²) in [4.78, 5) is 17.2. The molecule has 3 aromatic rings. The monoisotopic (exact) mass is 327 g/mol. The summed E-state index contributed by atoms with van der Waals surface area (Å²) in [5.74, 6) is 0.145. The van der Waals surface area contributed by atoms with Gasteiger partial charge in [-0.3, -0.25) is 4.79 Å². The standard InChI is InChI=1S/C19H19ClN2O/c1-13(22(2)12-14-7-3-5-9-17(14)20)19(23)16-11-21-18-10-6-4-8-15(16)18/h3-11,13,21H,12H2,1-2H3/p+1/t13-/m1/s1. The van der Waals surface area contributed by atoms with E-state index >= 15 is 0 Å². The van der Waals surface area contributed by atoms with Crippen LogP contribution in [0.4, 0.5) is 0 Å². The van der Waals surface area contributed by atoms with Crippen LogP contribution in [0.5, 0.6) is 0 Å². The average molecular weight is 328 g/mol. The van der Waals surface area contributed by atoms with Gasteiger partial charge in [-0.25, -0.2) is 0 Å². The lowest BCUT2D eigenvalue weighted by atomic mass is 10.0. The van der Waals surface area contributed by atoms with Gasteiger partial charge in [-0.15, -0.1) is 0 Å². The maximum Gasteiger partial charge on any atom is 0.221 e. The zero-order chi connectivity index (χ0) is 16.4. The van der Waals surface area contributed by atoms with Gasteiger partial charge in [-0.05, 0) is 19.1 Å². The summed E-state index contributed by atoms with van der Waals surface area (Å²) in [6.07, 6.45) is 1.81. The molecule has 0 fully saturated rings. The van der Waals surface area contributed by atoms with Crippen LogP contribution in [0.15, 0.2) is 54.7 Å². The highest BCUT2D eigenvalue weighted by atomic mass is 35.5. The third-order valence-electron chi connectivity index (χ3n) is 4.41. The van der Waals surface area contributed by atoms with Gasteiger partial charge in [0.2, 0.25) is 5.78 Å². The highest BCUT2D eigenvalue weighted by molar-refractivity contribution is 6.31. The van der Waals surface area contributed by atoms with Crippen molar-refractivity contribution in [1.29, 1.82) is 0 Å². The molecule has 2 atom stereocenters. The summed E-state index contributed by atoms with van der Waals surface area (Å²) in [5, 5.41) is 1.73. The number of ketones is 1. The first-order chi connectivity index (χ1) is 11.1. The van der Waals surface area contributed by atoms with Gasteiger partial charge in [0.15, 0.2) is 0 Å². The molecule has 3 nitrogen and oxygen atoms in total. The number of rotatable bonds is 5. The molecule has 3 rings (SSSR count). The summed E-state index contributed by atoms with van der Waals surface area (Å²) < 4.78 is 0. The number of halogens is 1. The zero-order valence-electron chi connectivity index (χ0n) is 13.3. The van der Waals surface area contributed by atoms with Crippen LogP contribution in [0.3, 0.4) is 0 Å². The Labute approximate surface area is 140 Å². The number of fused-ring (bicyclic) bond motifs is 1. The molecule has 0 spiro atoms. The van der Waals surface area contributed by atoms with E-state index in [9.17, 15) is 4.79 Å². The van der Waals surface area contributed by atoms with Gasteiger partial charge in [0.1, 0.15) is 12.6 Å². The second kappa shape index (κ2) is 6.57. The lowest BCUT2D eigenvalue weighted by Gasteiger charge is -2.21. The summed E-state index contributed by atoms with van der Waals surface area (Å²) in [6, 6.07) is 15.5. The van der Waals surface area contributed by atoms with E-state index in [0.717, 1.165) is 38.5 Å². The molecule has 1 unspecified atom stereocenters. The van der Waals surface area contributed by atoms with E-state index in [1.54, 1.807) is 0 Å². The number of aromatic amines is 1. The molecule has 0 saturated carbocycles. The topological polar surface area (TPSA) is 37.3 Å². The van der Waals surface area contributed by atoms with Gasteiger partial charge in [0, 0.05) is 33.2 Å². The molecule has 0 aliphatic heterocycles. The van der Waals surface area contributed by atoms with E-state index < -0.39 is 0 Å². The van der Waals surface area contributed by atoms with Crippen LogP contribution in [0, 0.1) is 0 Å². The van der Waals surface area contributed by atoms with Crippen molar-refractivity contribution in [1.82, 2.24) is 4.98 Å². The highest BCUT2D eigenvalue weighted by Crippen LogP contribution is 2.19. The number of para-hydroxylation sites is 1. The molecular weight excluding hydrogens is 308 g/mol. The van der Waals surface area contributed by atoms with Gasteiger partial charge >= 0.3 is 0 Å². The highest BCUT2D eigenvalue weighted by Gasteiger charge is 2.25. The third-order valence-corrected chi connectivity index (χ3v) is 4.78. The van der Waals surface area contributed by atoms with Crippen LogP contribution in [-0.4, -0.2) is 23.9 Å². The number of benzene rings is 2. The Hall–Kier alpha value is -2.10. The maximum atomic E-state index is 12.9. The number of quaternary nitrogens is 1. The van der Waals surface area contributed by atoms with E-state index in [0.29, 0.717) is 0 Å². The Morgan fingerprint density at radius 1 is 1.17 bits per heavy atom. The molecule has 0 radical (unpaired) electrons. The number of carbonyl (C=O) groups excluding carboxylic acids is 1. The van der Waals surface area contributed by atoms with Crippen LogP contribution >= 0.6 is 11.6 Å². The van der Waals surface area contributed by atoms with Gasteiger partial charge in [-0.1, -0.05) is 48.0 Å². The molecule has 118 valence electrons. The number of likely N-dealkylation sites (N-methyl/N-ethyl adjacent to an activating group) is 1. The average Bonchev–Trinajstić information content (AvgIpc) is 2.99. The molecule has 2 N–H and O–H groups in total. The fourth-order valence-electron chi connectivity index (χ4n) is 2.83. The van der Waals surface area contributed by atoms with E-state index in [1.807, 2.05) is 68.7 Å². The smallest absolute Gasteiger partial charge is 0.221 e. The van der Waals surface area contributed by atoms with Gasteiger partial charge < -0.3 is 9.88 Å². The van der Waals surface area contributed by atoms with Crippen LogP contribution in [0.25, 0.3) is 10.9 Å². The molecule has 0 amide bonds. The van der Waals surface area contributed by atoms with Crippen molar-refractivity contribution in [3.8, 4) is 0 Å². The van der Waals surface area contributed by atoms with Crippen LogP contribution in [0.2, 0.25) is 5.02 Å². The molecule has 4 heteroatoms. The van der Waals surface area contributed by atoms with Crippen molar-refractivity contribution < 1.29 is 9.69 Å². The fourth-order valence-corrected chi connectivity index (χ4v) is 3.03. The first kappa shape index (κ1) is 15.8. The van der Waals surface area contributed by atoms with Gasteiger partial charge in [-0.2, -0.15) is 0 Å². The quantitative estimate of drug-likeness (QED) is 0.694. The largest absolute Gasteiger partial charge is 0.360 e. The second-order valence-corrected chi connectivity index (χ2v) is 6.36. The number of Topliss-reactive ketones (excluding diaryl/α,β-unsaturated/α-hetero) is 1. The molecule has 0 aliphatic carbocycles. The fraction of sp³-hybridized carbons (Fsp3) is 0.211. The van der Waals surface area contributed by atoms with E-state index in [4.69, 9.17) is 11.6 Å². The molecule has 0 saturated heterocycles. The SMILES string of the molecule is C[C@H](C(=O)c1c[nH]c2ccccc12)[NH+](C)Cc1ccccc1Cl. The van der Waals surface area contributed by atoms with E-state index in [2.05, 4.69) is 4.98 Å². The lowest BCUT2D eigenvalue weighted by Crippen LogP contribution is -3.12. The van der Waals surface area contributed by atoms with Gasteiger partial charge in [0.25, 0.3) is 0 Å². The predicted octanol–water partition coefficient (Wildman–Crippen LogP) is 3.11. The number of carbonyl (C=O) groups is 1. The van der Waals surface area contributed by atoms with Crippen molar-refractivity contribution in [2.45, 2.75) is 19.5 Å². The molecule has 0 bridgehead atoms. The molecule has 1 aromatic heterocycles. The van der Waals surface area contributed by atoms with Crippen LogP contribution in [-0.2, 0) is 6.54 Å². The Kier molecular flexibility index (Phi) is 4.51. The minimum Gasteiger partial charge on any atom is -0.360 e. The molecular formula is C19H20ClN2O+. The Bertz CT molecular complexity index is 840. The first-order valence-electron chi connectivity index (χ1n) is 7.74. The lowest BCUT2D eigenvalue weighted by molar-refractivity contribution is -0.907. The maximum absolute atomic E-state index is 12.9. The minimum atomic E-state index is -0.148. The number of nitrogens with one attached hydrogen (secondary N) is 2. The molecule has 1 heterocycles. The van der Waals surface area contributed by atoms with Crippen molar-refractivity contribution >= 4 is 28.3 Å². The van der Waals surface area contributed by atoms with Crippen molar-refractivity contribution in [2.75, 3.05) is 7.05 Å². The predicted molar refractivity (Wildman–Crippen MR) is 94.1 cm³/mol. The van der Waals surface area contributed by atoms with Crippen LogP contribution in [0.1, 0.15) is 22.8 Å². The Morgan fingerprint density at radius 3 is 2.65 bits per heavy atom. The van der Waals surface area contributed by atoms with Gasteiger partial charge in [0.05, 0.1) is 7.05 Å². The Morgan fingerprint density at radius 2 is 1.87 bits per heavy atom. The van der Waals surface area contributed by atoms with Crippen molar-refractivity contribution in [2.24, 2.45) is 0 Å². The minimum absolute atomic E-state index is 0.145. The molecule has 0 aliphatic rings. The third kappa shape index (κ3) is 3.16. The number of hydrogen-bond acceptors (Lipinski definition) is 1. The molecule has 2 aromatic carbocycles. The Balaban J connectivity index is 1.80. The molecule has 23 heavy (non-hydrogen) atoms. The van der Waals surface area contributed by atoms with Crippen molar-refractivity contribution in [3.05, 3.63) is 70.9 Å². The summed E-state index contributed by atoms with van der Waals surface area (Å²) >= 11 is 6.23. The zero-order valence-corrected chi connectivity index (χ0v) is 14.0. The van der Waals surface area contributed by atoms with E-state index in [1.165, 1.54) is 0 Å².